The first-order valence-corrected chi connectivity index (χ1v) is 7.72. The van der Waals surface area contributed by atoms with Crippen LogP contribution in [0.2, 0.25) is 0 Å². The lowest BCUT2D eigenvalue weighted by molar-refractivity contribution is 0.178. The summed E-state index contributed by atoms with van der Waals surface area (Å²) in [5.41, 5.74) is 1.75. The van der Waals surface area contributed by atoms with Gasteiger partial charge in [0, 0.05) is 19.6 Å². The number of hydrogen-bond donors (Lipinski definition) is 1. The van der Waals surface area contributed by atoms with E-state index in [9.17, 15) is 0 Å². The van der Waals surface area contributed by atoms with Crippen molar-refractivity contribution in [2.75, 3.05) is 27.2 Å². The lowest BCUT2D eigenvalue weighted by atomic mass is 9.87. The molecule has 98 valence electrons. The SMILES string of the molecule is CCC(C)(CNC)CN(C)Cc1csc(Br)c1. The van der Waals surface area contributed by atoms with Crippen LogP contribution in [0, 0.1) is 5.41 Å². The zero-order valence-corrected chi connectivity index (χ0v) is 13.6. The monoisotopic (exact) mass is 318 g/mol. The van der Waals surface area contributed by atoms with Gasteiger partial charge < -0.3 is 10.2 Å². The minimum atomic E-state index is 0.358. The Morgan fingerprint density at radius 2 is 2.24 bits per heavy atom. The minimum absolute atomic E-state index is 0.358. The second-order valence-electron chi connectivity index (χ2n) is 5.13. The normalized spacial score (nSPS) is 15.2. The third kappa shape index (κ3) is 5.08. The largest absolute Gasteiger partial charge is 0.319 e. The smallest absolute Gasteiger partial charge is 0.0701 e. The van der Waals surface area contributed by atoms with Crippen LogP contribution in [-0.2, 0) is 6.54 Å². The van der Waals surface area contributed by atoms with Crippen LogP contribution in [0.15, 0.2) is 15.2 Å². The molecule has 2 nitrogen and oxygen atoms in total. The Hall–Kier alpha value is 0.100. The van der Waals surface area contributed by atoms with Gasteiger partial charge in [0.05, 0.1) is 3.79 Å². The molecule has 0 spiro atoms. The fraction of sp³-hybridized carbons (Fsp3) is 0.692. The fourth-order valence-electron chi connectivity index (χ4n) is 2.17. The summed E-state index contributed by atoms with van der Waals surface area (Å²) in [6.07, 6.45) is 1.20. The Balaban J connectivity index is 2.50. The molecule has 4 heteroatoms. The fourth-order valence-corrected chi connectivity index (χ4v) is 3.37. The summed E-state index contributed by atoms with van der Waals surface area (Å²) in [5, 5.41) is 5.52. The molecule has 1 atom stereocenters. The molecule has 0 aliphatic rings. The van der Waals surface area contributed by atoms with Crippen molar-refractivity contribution >= 4 is 27.3 Å². The van der Waals surface area contributed by atoms with Crippen LogP contribution < -0.4 is 5.32 Å². The predicted octanol–water partition coefficient (Wildman–Crippen LogP) is 3.58. The van der Waals surface area contributed by atoms with Gasteiger partial charge in [0.1, 0.15) is 0 Å². The van der Waals surface area contributed by atoms with Crippen molar-refractivity contribution in [1.82, 2.24) is 10.2 Å². The molecule has 1 aromatic heterocycles. The maximum Gasteiger partial charge on any atom is 0.0701 e. The van der Waals surface area contributed by atoms with Gasteiger partial charge in [-0.15, -0.1) is 11.3 Å². The number of rotatable bonds is 7. The number of thiophene rings is 1. The molecule has 1 unspecified atom stereocenters. The zero-order valence-electron chi connectivity index (χ0n) is 11.2. The highest BCUT2D eigenvalue weighted by atomic mass is 79.9. The number of halogens is 1. The highest BCUT2D eigenvalue weighted by Crippen LogP contribution is 2.24. The average molecular weight is 319 g/mol. The van der Waals surface area contributed by atoms with Gasteiger partial charge in [0.15, 0.2) is 0 Å². The lowest BCUT2D eigenvalue weighted by Crippen LogP contribution is -2.39. The molecule has 1 aromatic rings. The first-order chi connectivity index (χ1) is 7.99. The van der Waals surface area contributed by atoms with E-state index >= 15 is 0 Å². The van der Waals surface area contributed by atoms with E-state index in [4.69, 9.17) is 0 Å². The summed E-state index contributed by atoms with van der Waals surface area (Å²) in [4.78, 5) is 2.41. The van der Waals surface area contributed by atoms with Gasteiger partial charge in [-0.2, -0.15) is 0 Å². The van der Waals surface area contributed by atoms with Crippen molar-refractivity contribution in [3.8, 4) is 0 Å². The first kappa shape index (κ1) is 15.2. The van der Waals surface area contributed by atoms with Crippen molar-refractivity contribution in [2.45, 2.75) is 26.8 Å². The van der Waals surface area contributed by atoms with Crippen LogP contribution in [0.5, 0.6) is 0 Å². The van der Waals surface area contributed by atoms with Crippen LogP contribution in [0.25, 0.3) is 0 Å². The number of nitrogens with zero attached hydrogens (tertiary/aromatic N) is 1. The molecule has 1 rings (SSSR count). The van der Waals surface area contributed by atoms with Crippen molar-refractivity contribution in [3.63, 3.8) is 0 Å². The summed E-state index contributed by atoms with van der Waals surface area (Å²) in [5.74, 6) is 0. The highest BCUT2D eigenvalue weighted by molar-refractivity contribution is 9.11. The Morgan fingerprint density at radius 3 is 2.71 bits per heavy atom. The molecule has 0 saturated heterocycles. The molecule has 0 aliphatic carbocycles. The molecule has 0 aliphatic heterocycles. The summed E-state index contributed by atoms with van der Waals surface area (Å²) in [6, 6.07) is 2.21. The molecular weight excluding hydrogens is 296 g/mol. The van der Waals surface area contributed by atoms with E-state index in [-0.39, 0.29) is 0 Å². The van der Waals surface area contributed by atoms with Gasteiger partial charge in [-0.05, 0) is 58.9 Å². The van der Waals surface area contributed by atoms with Gasteiger partial charge in [0.2, 0.25) is 0 Å². The van der Waals surface area contributed by atoms with Gasteiger partial charge in [-0.3, -0.25) is 0 Å². The predicted molar refractivity (Wildman–Crippen MR) is 80.7 cm³/mol. The minimum Gasteiger partial charge on any atom is -0.319 e. The Morgan fingerprint density at radius 1 is 1.53 bits per heavy atom. The highest BCUT2D eigenvalue weighted by Gasteiger charge is 2.23. The second-order valence-corrected chi connectivity index (χ2v) is 7.42. The third-order valence-electron chi connectivity index (χ3n) is 3.18. The number of hydrogen-bond acceptors (Lipinski definition) is 3. The standard InChI is InChI=1S/C13H23BrN2S/c1-5-13(2,9-15-3)10-16(4)7-11-6-12(14)17-8-11/h6,8,15H,5,7,9-10H2,1-4H3. The van der Waals surface area contributed by atoms with E-state index in [1.807, 2.05) is 7.05 Å². The van der Waals surface area contributed by atoms with Crippen molar-refractivity contribution in [3.05, 3.63) is 20.8 Å². The zero-order chi connectivity index (χ0) is 12.9. The first-order valence-electron chi connectivity index (χ1n) is 6.05. The molecule has 0 bridgehead atoms. The molecule has 0 amide bonds. The third-order valence-corrected chi connectivity index (χ3v) is 4.74. The van der Waals surface area contributed by atoms with E-state index in [0.29, 0.717) is 5.41 Å². The van der Waals surface area contributed by atoms with Crippen molar-refractivity contribution in [1.29, 1.82) is 0 Å². The van der Waals surface area contributed by atoms with Crippen LogP contribution in [0.1, 0.15) is 25.8 Å². The van der Waals surface area contributed by atoms with Crippen molar-refractivity contribution < 1.29 is 0 Å². The van der Waals surface area contributed by atoms with E-state index in [0.717, 1.165) is 19.6 Å². The van der Waals surface area contributed by atoms with Gasteiger partial charge in [-0.1, -0.05) is 13.8 Å². The Kier molecular flexibility index (Phi) is 6.13. The molecular formula is C13H23BrN2S. The van der Waals surface area contributed by atoms with E-state index < -0.39 is 0 Å². The molecule has 0 aromatic carbocycles. The summed E-state index contributed by atoms with van der Waals surface area (Å²) < 4.78 is 1.22. The average Bonchev–Trinajstić information content (AvgIpc) is 2.64. The maximum atomic E-state index is 3.51. The van der Waals surface area contributed by atoms with Gasteiger partial charge >= 0.3 is 0 Å². The Bertz CT molecular complexity index is 340. The van der Waals surface area contributed by atoms with Crippen LogP contribution in [-0.4, -0.2) is 32.1 Å². The maximum absolute atomic E-state index is 3.51. The molecule has 0 saturated carbocycles. The van der Waals surface area contributed by atoms with Crippen LogP contribution in [0.4, 0.5) is 0 Å². The summed E-state index contributed by atoms with van der Waals surface area (Å²) >= 11 is 5.27. The quantitative estimate of drug-likeness (QED) is 0.826. The molecule has 1 N–H and O–H groups in total. The number of nitrogens with one attached hydrogen (secondary N) is 1. The molecule has 0 fully saturated rings. The second kappa shape index (κ2) is 6.88. The van der Waals surface area contributed by atoms with Gasteiger partial charge in [0.25, 0.3) is 0 Å². The van der Waals surface area contributed by atoms with E-state index in [1.54, 1.807) is 11.3 Å². The van der Waals surface area contributed by atoms with Crippen LogP contribution >= 0.6 is 27.3 Å². The van der Waals surface area contributed by atoms with Crippen molar-refractivity contribution in [2.24, 2.45) is 5.41 Å². The molecule has 1 heterocycles. The Labute approximate surface area is 118 Å². The lowest BCUT2D eigenvalue weighted by Gasteiger charge is -2.32. The molecule has 0 radical (unpaired) electrons. The molecule has 17 heavy (non-hydrogen) atoms. The van der Waals surface area contributed by atoms with Crippen LogP contribution in [0.3, 0.4) is 0 Å². The van der Waals surface area contributed by atoms with E-state index in [2.05, 4.69) is 58.5 Å². The topological polar surface area (TPSA) is 15.3 Å². The van der Waals surface area contributed by atoms with E-state index in [1.165, 1.54) is 15.8 Å². The van der Waals surface area contributed by atoms with Gasteiger partial charge in [-0.25, -0.2) is 0 Å². The summed E-state index contributed by atoms with van der Waals surface area (Å²) in [6.45, 7) is 7.84. The summed E-state index contributed by atoms with van der Waals surface area (Å²) in [7, 11) is 4.24.